The van der Waals surface area contributed by atoms with Crippen molar-refractivity contribution < 1.29 is 18.0 Å². The van der Waals surface area contributed by atoms with Gasteiger partial charge in [0.25, 0.3) is 0 Å². The standard InChI is InChI=1S/C21H19FN2O2/c22-16-9-12(6-7-13(16)17-5-2-8-23-17)21-15-10-26-11-19(25)14-3-1-4-18(24-21)20(14)15/h1,3-4,6-7,9,17,23-24H,2,5,8,10-11H2/t17-/m1/s1/i10D2,17D. The van der Waals surface area contributed by atoms with Crippen molar-refractivity contribution in [2.24, 2.45) is 0 Å². The summed E-state index contributed by atoms with van der Waals surface area (Å²) in [5.41, 5.74) is 2.26. The van der Waals surface area contributed by atoms with Crippen molar-refractivity contribution in [3.8, 4) is 11.3 Å². The highest BCUT2D eigenvalue weighted by atomic mass is 19.1. The van der Waals surface area contributed by atoms with Gasteiger partial charge in [-0.05, 0) is 31.5 Å². The third kappa shape index (κ3) is 2.39. The summed E-state index contributed by atoms with van der Waals surface area (Å²) in [5, 5.41) is 3.50. The van der Waals surface area contributed by atoms with Crippen molar-refractivity contribution in [3.63, 3.8) is 0 Å². The number of H-pyrrole nitrogens is 1. The molecule has 1 fully saturated rings. The Morgan fingerprint density at radius 1 is 1.31 bits per heavy atom. The number of benzene rings is 2. The minimum absolute atomic E-state index is 0.195. The maximum atomic E-state index is 15.0. The van der Waals surface area contributed by atoms with Crippen LogP contribution in [0.5, 0.6) is 0 Å². The summed E-state index contributed by atoms with van der Waals surface area (Å²) in [6.07, 6.45) is 1.34. The van der Waals surface area contributed by atoms with Crippen LogP contribution in [-0.4, -0.2) is 23.9 Å². The van der Waals surface area contributed by atoms with E-state index in [0.717, 1.165) is 6.42 Å². The molecule has 1 atom stereocenters. The van der Waals surface area contributed by atoms with E-state index in [1.54, 1.807) is 30.3 Å². The number of nitrogens with one attached hydrogen (secondary N) is 2. The number of carbonyl (C=O) groups excluding carboxylic acids is 1. The molecule has 4 nitrogen and oxygen atoms in total. The van der Waals surface area contributed by atoms with Crippen LogP contribution in [0.2, 0.25) is 0 Å². The quantitative estimate of drug-likeness (QED) is 0.729. The van der Waals surface area contributed by atoms with Crippen molar-refractivity contribution in [3.05, 3.63) is 58.9 Å². The van der Waals surface area contributed by atoms with Crippen LogP contribution in [0.25, 0.3) is 22.2 Å². The minimum Gasteiger partial charge on any atom is -0.369 e. The molecule has 0 amide bonds. The van der Waals surface area contributed by atoms with E-state index in [0.29, 0.717) is 40.7 Å². The molecule has 0 bridgehead atoms. The molecule has 0 saturated carbocycles. The van der Waals surface area contributed by atoms with Crippen LogP contribution >= 0.6 is 0 Å². The topological polar surface area (TPSA) is 54.1 Å². The normalized spacial score (nSPS) is 26.3. The van der Waals surface area contributed by atoms with E-state index < -0.39 is 18.4 Å². The predicted molar refractivity (Wildman–Crippen MR) is 97.7 cm³/mol. The highest BCUT2D eigenvalue weighted by Gasteiger charge is 2.24. The Bertz CT molecular complexity index is 1150. The van der Waals surface area contributed by atoms with Gasteiger partial charge in [-0.25, -0.2) is 4.39 Å². The molecule has 2 aromatic carbocycles. The molecule has 132 valence electrons. The number of halogens is 1. The number of hydrogen-bond acceptors (Lipinski definition) is 3. The Hall–Kier alpha value is -2.50. The minimum atomic E-state index is -2.21. The van der Waals surface area contributed by atoms with Gasteiger partial charge in [0.2, 0.25) is 0 Å². The molecule has 5 heteroatoms. The number of carbonyl (C=O) groups is 1. The highest BCUT2D eigenvalue weighted by Crippen LogP contribution is 2.36. The Kier molecular flexibility index (Phi) is 2.97. The Labute approximate surface area is 154 Å². The Morgan fingerprint density at radius 2 is 2.23 bits per heavy atom. The number of rotatable bonds is 2. The second-order valence-electron chi connectivity index (χ2n) is 6.62. The molecule has 0 unspecified atom stereocenters. The van der Waals surface area contributed by atoms with Gasteiger partial charge >= 0.3 is 0 Å². The van der Waals surface area contributed by atoms with Gasteiger partial charge in [0.1, 0.15) is 12.4 Å². The zero-order chi connectivity index (χ0) is 20.4. The predicted octanol–water partition coefficient (Wildman–Crippen LogP) is 4.11. The second kappa shape index (κ2) is 6.04. The molecule has 3 heterocycles. The molecule has 0 radical (unpaired) electrons. The maximum absolute atomic E-state index is 15.0. The number of Topliss-reactive ketones (excluding diaryl/α,β-unsaturated/α-hetero) is 1. The lowest BCUT2D eigenvalue weighted by Gasteiger charge is -2.13. The van der Waals surface area contributed by atoms with Crippen LogP contribution in [-0.2, 0) is 11.3 Å². The smallest absolute Gasteiger partial charge is 0.189 e. The first kappa shape index (κ1) is 12.8. The van der Waals surface area contributed by atoms with E-state index in [4.69, 9.17) is 8.85 Å². The molecule has 2 aliphatic heterocycles. The van der Waals surface area contributed by atoms with Crippen LogP contribution < -0.4 is 5.32 Å². The number of aromatic amines is 1. The van der Waals surface area contributed by atoms with Gasteiger partial charge in [0, 0.05) is 39.2 Å². The van der Waals surface area contributed by atoms with E-state index >= 15 is 0 Å². The number of aromatic nitrogens is 1. The fourth-order valence-electron chi connectivity index (χ4n) is 3.79. The van der Waals surface area contributed by atoms with E-state index in [9.17, 15) is 9.18 Å². The SMILES string of the molecule is [2H]C1([2H])OCC(=O)c2cccc3[nH]c(-c4ccc([C@@]5([2H])CCCN5)c(F)c4)c1c23. The second-order valence-corrected chi connectivity index (χ2v) is 6.62. The third-order valence-electron chi connectivity index (χ3n) is 5.03. The van der Waals surface area contributed by atoms with Gasteiger partial charge in [-0.1, -0.05) is 24.3 Å². The van der Waals surface area contributed by atoms with Crippen LogP contribution in [0.1, 0.15) is 44.5 Å². The van der Waals surface area contributed by atoms with Crippen LogP contribution in [0.4, 0.5) is 4.39 Å². The van der Waals surface area contributed by atoms with Crippen molar-refractivity contribution in [1.82, 2.24) is 10.3 Å². The van der Waals surface area contributed by atoms with Gasteiger partial charge in [-0.2, -0.15) is 0 Å². The maximum Gasteiger partial charge on any atom is 0.189 e. The average molecular weight is 353 g/mol. The fourth-order valence-corrected chi connectivity index (χ4v) is 3.79. The molecule has 1 aromatic heterocycles. The van der Waals surface area contributed by atoms with E-state index in [1.807, 2.05) is 0 Å². The van der Waals surface area contributed by atoms with Crippen molar-refractivity contribution >= 4 is 16.7 Å². The Balaban J connectivity index is 1.72. The van der Waals surface area contributed by atoms with Crippen LogP contribution in [0.3, 0.4) is 0 Å². The molecule has 0 spiro atoms. The molecule has 0 aliphatic carbocycles. The monoisotopic (exact) mass is 353 g/mol. The highest BCUT2D eigenvalue weighted by molar-refractivity contribution is 6.11. The summed E-state index contributed by atoms with van der Waals surface area (Å²) >= 11 is 0. The van der Waals surface area contributed by atoms with Gasteiger partial charge in [0.05, 0.1) is 16.4 Å². The molecule has 26 heavy (non-hydrogen) atoms. The number of ketones is 1. The lowest BCUT2D eigenvalue weighted by atomic mass is 9.98. The summed E-state index contributed by atoms with van der Waals surface area (Å²) in [6, 6.07) is 8.55. The van der Waals surface area contributed by atoms with Crippen molar-refractivity contribution in [2.75, 3.05) is 13.2 Å². The third-order valence-corrected chi connectivity index (χ3v) is 5.03. The average Bonchev–Trinajstić information content (AvgIpc) is 3.28. The van der Waals surface area contributed by atoms with Crippen molar-refractivity contribution in [1.29, 1.82) is 0 Å². The van der Waals surface area contributed by atoms with E-state index in [2.05, 4.69) is 10.3 Å². The molecule has 2 aliphatic rings. The lowest BCUT2D eigenvalue weighted by molar-refractivity contribution is 0.0742. The summed E-state index contributed by atoms with van der Waals surface area (Å²) in [6.45, 7) is -1.90. The number of hydrogen-bond donors (Lipinski definition) is 2. The number of ether oxygens (including phenoxy) is 1. The van der Waals surface area contributed by atoms with Gasteiger partial charge in [-0.15, -0.1) is 0 Å². The molecular weight excluding hydrogens is 331 g/mol. The van der Waals surface area contributed by atoms with Crippen LogP contribution in [0.15, 0.2) is 36.4 Å². The summed E-state index contributed by atoms with van der Waals surface area (Å²) in [7, 11) is 0. The van der Waals surface area contributed by atoms with E-state index in [1.165, 1.54) is 6.07 Å². The zero-order valence-corrected chi connectivity index (χ0v) is 14.0. The Morgan fingerprint density at radius 3 is 3.04 bits per heavy atom. The summed E-state index contributed by atoms with van der Waals surface area (Å²) in [4.78, 5) is 15.6. The molecule has 2 N–H and O–H groups in total. The first-order valence-corrected chi connectivity index (χ1v) is 8.68. The summed E-state index contributed by atoms with van der Waals surface area (Å²) < 4.78 is 45.5. The largest absolute Gasteiger partial charge is 0.369 e. The molecule has 5 rings (SSSR count). The fraction of sp³-hybridized carbons (Fsp3) is 0.286. The zero-order valence-electron chi connectivity index (χ0n) is 17.0. The molecule has 3 aromatic rings. The van der Waals surface area contributed by atoms with Gasteiger partial charge < -0.3 is 15.0 Å². The van der Waals surface area contributed by atoms with Gasteiger partial charge in [-0.3, -0.25) is 4.79 Å². The van der Waals surface area contributed by atoms with Crippen molar-refractivity contribution in [2.45, 2.75) is 25.4 Å². The summed E-state index contributed by atoms with van der Waals surface area (Å²) in [5.74, 6) is -0.821. The molecular formula is C21H19FN2O2. The first-order valence-electron chi connectivity index (χ1n) is 10.2. The lowest BCUT2D eigenvalue weighted by Crippen LogP contribution is -2.14. The van der Waals surface area contributed by atoms with Crippen LogP contribution in [0, 0.1) is 5.82 Å². The van der Waals surface area contributed by atoms with Gasteiger partial charge in [0.15, 0.2) is 5.78 Å². The molecule has 1 saturated heterocycles. The van der Waals surface area contributed by atoms with E-state index in [-0.39, 0.29) is 23.5 Å². The first-order chi connectivity index (χ1) is 13.8.